The number of hydrogen-bond donors (Lipinski definition) is 1. The van der Waals surface area contributed by atoms with Gasteiger partial charge in [-0.15, -0.1) is 11.3 Å². The monoisotopic (exact) mass is 461 g/mol. The van der Waals surface area contributed by atoms with Crippen LogP contribution in [0, 0.1) is 0 Å². The normalized spacial score (nSPS) is 17.4. The standard InChI is InChI=1S/C21H23N3O5S2/c1-28-16-4-6-17(7-5-16)29-10-9-22-21(25)18-13-19(20-3-2-11-30-20)24(23-18)15-8-12-31(26,27)14-15/h2-7,11,13,15H,8-10,12,14H2,1H3,(H,22,25)/t15-/m0/s1. The molecule has 8 nitrogen and oxygen atoms in total. The number of carbonyl (C=O) groups is 1. The van der Waals surface area contributed by atoms with E-state index in [0.29, 0.717) is 25.3 Å². The SMILES string of the molecule is COc1ccc(OCCNC(=O)c2cc(-c3cccs3)n([C@H]3CCS(=O)(=O)C3)n2)cc1. The number of hydrogen-bond acceptors (Lipinski definition) is 7. The van der Waals surface area contributed by atoms with E-state index in [4.69, 9.17) is 9.47 Å². The minimum Gasteiger partial charge on any atom is -0.497 e. The Morgan fingerprint density at radius 1 is 1.26 bits per heavy atom. The summed E-state index contributed by atoms with van der Waals surface area (Å²) in [7, 11) is -1.47. The average Bonchev–Trinajstić information content (AvgIpc) is 3.50. The van der Waals surface area contributed by atoms with Crippen LogP contribution in [0.25, 0.3) is 10.6 Å². The van der Waals surface area contributed by atoms with Crippen molar-refractivity contribution in [1.82, 2.24) is 15.1 Å². The van der Waals surface area contributed by atoms with Crippen molar-refractivity contribution in [1.29, 1.82) is 0 Å². The molecule has 2 aromatic heterocycles. The van der Waals surface area contributed by atoms with E-state index in [9.17, 15) is 13.2 Å². The summed E-state index contributed by atoms with van der Waals surface area (Å²) >= 11 is 1.52. The molecule has 0 bridgehead atoms. The topological polar surface area (TPSA) is 99.5 Å². The van der Waals surface area contributed by atoms with Crippen LogP contribution in [-0.4, -0.2) is 55.9 Å². The molecule has 1 aromatic carbocycles. The predicted molar refractivity (Wildman–Crippen MR) is 119 cm³/mol. The molecule has 0 radical (unpaired) electrons. The summed E-state index contributed by atoms with van der Waals surface area (Å²) in [5.74, 6) is 1.29. The van der Waals surface area contributed by atoms with Gasteiger partial charge >= 0.3 is 0 Å². The minimum atomic E-state index is -3.07. The van der Waals surface area contributed by atoms with Crippen LogP contribution in [0.4, 0.5) is 0 Å². The molecule has 3 aromatic rings. The number of aromatic nitrogens is 2. The largest absolute Gasteiger partial charge is 0.497 e. The maximum absolute atomic E-state index is 12.6. The van der Waals surface area contributed by atoms with Gasteiger partial charge in [-0.25, -0.2) is 8.42 Å². The van der Waals surface area contributed by atoms with Gasteiger partial charge in [0.05, 0.1) is 41.8 Å². The van der Waals surface area contributed by atoms with E-state index in [0.717, 1.165) is 16.3 Å². The fourth-order valence-corrected chi connectivity index (χ4v) is 5.88. The molecule has 164 valence electrons. The quantitative estimate of drug-likeness (QED) is 0.518. The third-order valence-corrected chi connectivity index (χ3v) is 7.65. The summed E-state index contributed by atoms with van der Waals surface area (Å²) in [6.07, 6.45) is 0.499. The molecule has 31 heavy (non-hydrogen) atoms. The van der Waals surface area contributed by atoms with E-state index in [1.54, 1.807) is 42.1 Å². The first-order chi connectivity index (χ1) is 14.9. The summed E-state index contributed by atoms with van der Waals surface area (Å²) in [5.41, 5.74) is 1.02. The van der Waals surface area contributed by atoms with Crippen LogP contribution in [0.1, 0.15) is 23.0 Å². The van der Waals surface area contributed by atoms with Crippen LogP contribution in [0.15, 0.2) is 47.8 Å². The lowest BCUT2D eigenvalue weighted by atomic mass is 10.2. The number of sulfone groups is 1. The second kappa shape index (κ2) is 9.11. The molecule has 3 heterocycles. The molecule has 4 rings (SSSR count). The van der Waals surface area contributed by atoms with Gasteiger partial charge in [-0.2, -0.15) is 5.10 Å². The van der Waals surface area contributed by atoms with E-state index in [2.05, 4.69) is 10.4 Å². The maximum Gasteiger partial charge on any atom is 0.271 e. The lowest BCUT2D eigenvalue weighted by Crippen LogP contribution is -2.28. The number of carbonyl (C=O) groups excluding carboxylic acids is 1. The van der Waals surface area contributed by atoms with Crippen LogP contribution < -0.4 is 14.8 Å². The Labute approximate surface area is 184 Å². The first-order valence-electron chi connectivity index (χ1n) is 9.84. The van der Waals surface area contributed by atoms with E-state index in [1.807, 2.05) is 17.5 Å². The first kappa shape index (κ1) is 21.4. The van der Waals surface area contributed by atoms with Gasteiger partial charge in [0.15, 0.2) is 15.5 Å². The summed E-state index contributed by atoms with van der Waals surface area (Å²) in [6.45, 7) is 0.612. The molecule has 1 amide bonds. The number of amides is 1. The number of ether oxygens (including phenoxy) is 2. The number of nitrogens with one attached hydrogen (secondary N) is 1. The third-order valence-electron chi connectivity index (χ3n) is 5.01. The molecule has 1 aliphatic heterocycles. The molecular formula is C21H23N3O5S2. The third kappa shape index (κ3) is 5.08. The van der Waals surface area contributed by atoms with Gasteiger partial charge in [0.25, 0.3) is 5.91 Å². The van der Waals surface area contributed by atoms with Gasteiger partial charge in [-0.1, -0.05) is 6.07 Å². The van der Waals surface area contributed by atoms with E-state index in [1.165, 1.54) is 11.3 Å². The lowest BCUT2D eigenvalue weighted by Gasteiger charge is -2.12. The molecule has 1 aliphatic rings. The Morgan fingerprint density at radius 2 is 2.03 bits per heavy atom. The maximum atomic E-state index is 12.6. The Bertz CT molecular complexity index is 1140. The number of methoxy groups -OCH3 is 1. The van der Waals surface area contributed by atoms with Crippen molar-refractivity contribution in [3.63, 3.8) is 0 Å². The zero-order valence-electron chi connectivity index (χ0n) is 17.0. The zero-order valence-corrected chi connectivity index (χ0v) is 18.6. The highest BCUT2D eigenvalue weighted by Gasteiger charge is 2.32. The first-order valence-corrected chi connectivity index (χ1v) is 12.5. The van der Waals surface area contributed by atoms with Gasteiger partial charge in [0.1, 0.15) is 18.1 Å². The summed E-state index contributed by atoms with van der Waals surface area (Å²) in [4.78, 5) is 13.6. The molecule has 0 spiro atoms. The summed E-state index contributed by atoms with van der Waals surface area (Å²) in [6, 6.07) is 12.5. The second-order valence-electron chi connectivity index (χ2n) is 7.17. The molecular weight excluding hydrogens is 438 g/mol. The fourth-order valence-electron chi connectivity index (χ4n) is 3.46. The number of rotatable bonds is 8. The van der Waals surface area contributed by atoms with E-state index >= 15 is 0 Å². The van der Waals surface area contributed by atoms with Crippen molar-refractivity contribution in [3.8, 4) is 22.1 Å². The minimum absolute atomic E-state index is 0.0455. The summed E-state index contributed by atoms with van der Waals surface area (Å²) < 4.78 is 36.3. The Balaban J connectivity index is 1.41. The molecule has 10 heteroatoms. The van der Waals surface area contributed by atoms with Crippen LogP contribution in [-0.2, 0) is 9.84 Å². The average molecular weight is 462 g/mol. The number of thiophene rings is 1. The van der Waals surface area contributed by atoms with Crippen molar-refractivity contribution < 1.29 is 22.7 Å². The van der Waals surface area contributed by atoms with Gasteiger partial charge in [-0.05, 0) is 48.2 Å². The molecule has 1 saturated heterocycles. The molecule has 1 fully saturated rings. The Kier molecular flexibility index (Phi) is 6.28. The highest BCUT2D eigenvalue weighted by atomic mass is 32.2. The van der Waals surface area contributed by atoms with Crippen molar-refractivity contribution in [2.75, 3.05) is 31.8 Å². The Hall–Kier alpha value is -2.85. The fraction of sp³-hybridized carbons (Fsp3) is 0.333. The Morgan fingerprint density at radius 3 is 2.68 bits per heavy atom. The van der Waals surface area contributed by atoms with Crippen LogP contribution in [0.3, 0.4) is 0 Å². The predicted octanol–water partition coefficient (Wildman–Crippen LogP) is 2.79. The highest BCUT2D eigenvalue weighted by molar-refractivity contribution is 7.91. The van der Waals surface area contributed by atoms with Crippen molar-refractivity contribution in [2.45, 2.75) is 12.5 Å². The zero-order chi connectivity index (χ0) is 21.8. The number of nitrogens with zero attached hydrogens (tertiary/aromatic N) is 2. The highest BCUT2D eigenvalue weighted by Crippen LogP contribution is 2.32. The van der Waals surface area contributed by atoms with Crippen LogP contribution in [0.2, 0.25) is 0 Å². The molecule has 0 unspecified atom stereocenters. The molecule has 0 saturated carbocycles. The van der Waals surface area contributed by atoms with Gasteiger partial charge in [-0.3, -0.25) is 9.48 Å². The van der Waals surface area contributed by atoms with Crippen LogP contribution in [0.5, 0.6) is 11.5 Å². The molecule has 0 aliphatic carbocycles. The molecule has 1 N–H and O–H groups in total. The van der Waals surface area contributed by atoms with E-state index in [-0.39, 0.29) is 29.1 Å². The van der Waals surface area contributed by atoms with E-state index < -0.39 is 9.84 Å². The van der Waals surface area contributed by atoms with Gasteiger partial charge in [0.2, 0.25) is 0 Å². The van der Waals surface area contributed by atoms with Crippen molar-refractivity contribution in [2.24, 2.45) is 0 Å². The van der Waals surface area contributed by atoms with Gasteiger partial charge in [0, 0.05) is 0 Å². The van der Waals surface area contributed by atoms with Crippen molar-refractivity contribution >= 4 is 27.1 Å². The smallest absolute Gasteiger partial charge is 0.271 e. The van der Waals surface area contributed by atoms with Crippen LogP contribution >= 0.6 is 11.3 Å². The summed E-state index contributed by atoms with van der Waals surface area (Å²) in [5, 5.41) is 9.21. The number of benzene rings is 1. The van der Waals surface area contributed by atoms with Crippen molar-refractivity contribution in [3.05, 3.63) is 53.5 Å². The lowest BCUT2D eigenvalue weighted by molar-refractivity contribution is 0.0941. The van der Waals surface area contributed by atoms with Gasteiger partial charge < -0.3 is 14.8 Å². The molecule has 1 atom stereocenters. The second-order valence-corrected chi connectivity index (χ2v) is 10.3.